The molecule has 4 heteroatoms. The van der Waals surface area contributed by atoms with Crippen molar-refractivity contribution in [3.63, 3.8) is 0 Å². The highest BCUT2D eigenvalue weighted by Crippen LogP contribution is 2.08. The van der Waals surface area contributed by atoms with Crippen molar-refractivity contribution in [3.8, 4) is 0 Å². The Kier molecular flexibility index (Phi) is 6.88. The molecule has 0 aliphatic rings. The molecule has 0 radical (unpaired) electrons. The van der Waals surface area contributed by atoms with Crippen LogP contribution in [0.15, 0.2) is 12.3 Å². The zero-order valence-corrected chi connectivity index (χ0v) is 11.5. The topological polar surface area (TPSA) is 58.6 Å². The van der Waals surface area contributed by atoms with Gasteiger partial charge < -0.3 is 9.84 Å². The van der Waals surface area contributed by atoms with Crippen LogP contribution in [-0.4, -0.2) is 22.9 Å². The molecule has 0 aromatic rings. The molecule has 0 aliphatic carbocycles. The van der Waals surface area contributed by atoms with Crippen LogP contribution in [0.1, 0.15) is 47.5 Å². The lowest BCUT2D eigenvalue weighted by Crippen LogP contribution is -2.29. The Morgan fingerprint density at radius 3 is 2.41 bits per heavy atom. The number of hydrogen-bond donors (Lipinski definition) is 2. The Bertz CT molecular complexity index is 254. The van der Waals surface area contributed by atoms with E-state index in [4.69, 9.17) is 4.74 Å². The van der Waals surface area contributed by atoms with Crippen molar-refractivity contribution in [1.82, 2.24) is 5.32 Å². The van der Waals surface area contributed by atoms with Gasteiger partial charge in [-0.05, 0) is 45.6 Å². The van der Waals surface area contributed by atoms with Crippen molar-refractivity contribution < 1.29 is 14.6 Å². The highest BCUT2D eigenvalue weighted by atomic mass is 16.6. The summed E-state index contributed by atoms with van der Waals surface area (Å²) in [6.07, 6.45) is 3.62. The predicted molar refractivity (Wildman–Crippen MR) is 68.6 cm³/mol. The summed E-state index contributed by atoms with van der Waals surface area (Å²) in [5, 5.41) is 12.0. The molecule has 0 fully saturated rings. The van der Waals surface area contributed by atoms with Gasteiger partial charge in [-0.2, -0.15) is 0 Å². The summed E-state index contributed by atoms with van der Waals surface area (Å²) in [7, 11) is 0. The maximum absolute atomic E-state index is 11.2. The van der Waals surface area contributed by atoms with E-state index in [1.807, 2.05) is 0 Å². The minimum atomic E-state index is -0.521. The number of nitrogens with one attached hydrogen (secondary N) is 1. The van der Waals surface area contributed by atoms with E-state index in [2.05, 4.69) is 19.2 Å². The molecule has 0 heterocycles. The van der Waals surface area contributed by atoms with Crippen LogP contribution in [0, 0.1) is 5.92 Å². The van der Waals surface area contributed by atoms with Crippen LogP contribution in [-0.2, 0) is 4.74 Å². The first-order valence-corrected chi connectivity index (χ1v) is 6.05. The van der Waals surface area contributed by atoms with Gasteiger partial charge in [0.15, 0.2) is 0 Å². The maximum atomic E-state index is 11.2. The second-order valence-corrected chi connectivity index (χ2v) is 5.54. The lowest BCUT2D eigenvalue weighted by molar-refractivity contribution is 0.0552. The van der Waals surface area contributed by atoms with Crippen LogP contribution in [0.5, 0.6) is 0 Å². The maximum Gasteiger partial charge on any atom is 0.411 e. The van der Waals surface area contributed by atoms with Crippen molar-refractivity contribution in [2.24, 2.45) is 5.92 Å². The molecule has 0 aromatic carbocycles. The average molecular weight is 243 g/mol. The second-order valence-electron chi connectivity index (χ2n) is 5.54. The Labute approximate surface area is 104 Å². The SMILES string of the molecule is CC(C)CCC(O)/C=C/NC(=O)OC(C)(C)C. The van der Waals surface area contributed by atoms with Crippen molar-refractivity contribution >= 4 is 6.09 Å². The first kappa shape index (κ1) is 16.0. The normalized spacial score (nSPS) is 14.1. The number of alkyl carbamates (subject to hydrolysis) is 1. The van der Waals surface area contributed by atoms with E-state index < -0.39 is 17.8 Å². The monoisotopic (exact) mass is 243 g/mol. The molecule has 17 heavy (non-hydrogen) atoms. The smallest absolute Gasteiger partial charge is 0.411 e. The van der Waals surface area contributed by atoms with Crippen molar-refractivity contribution in [1.29, 1.82) is 0 Å². The summed E-state index contributed by atoms with van der Waals surface area (Å²) in [6.45, 7) is 9.61. The minimum absolute atomic E-state index is 0.506. The second kappa shape index (κ2) is 7.33. The van der Waals surface area contributed by atoms with E-state index in [1.165, 1.54) is 6.20 Å². The lowest BCUT2D eigenvalue weighted by atomic mass is 10.1. The zero-order valence-electron chi connectivity index (χ0n) is 11.5. The number of rotatable bonds is 5. The van der Waals surface area contributed by atoms with Gasteiger partial charge >= 0.3 is 6.09 Å². The van der Waals surface area contributed by atoms with Gasteiger partial charge in [-0.1, -0.05) is 13.8 Å². The van der Waals surface area contributed by atoms with Gasteiger partial charge in [0.2, 0.25) is 0 Å². The van der Waals surface area contributed by atoms with Gasteiger partial charge in [-0.15, -0.1) is 0 Å². The van der Waals surface area contributed by atoms with Crippen LogP contribution >= 0.6 is 0 Å². The summed E-state index contributed by atoms with van der Waals surface area (Å²) in [5.41, 5.74) is -0.506. The van der Waals surface area contributed by atoms with E-state index in [9.17, 15) is 9.90 Å². The Hall–Kier alpha value is -1.03. The third-order valence-corrected chi connectivity index (χ3v) is 1.96. The third kappa shape index (κ3) is 11.2. The number of hydrogen-bond acceptors (Lipinski definition) is 3. The molecule has 0 bridgehead atoms. The van der Waals surface area contributed by atoms with Crippen molar-refractivity contribution in [3.05, 3.63) is 12.3 Å². The first-order valence-electron chi connectivity index (χ1n) is 6.05. The molecule has 0 saturated carbocycles. The van der Waals surface area contributed by atoms with E-state index in [0.29, 0.717) is 12.3 Å². The molecule has 0 aromatic heterocycles. The highest BCUT2D eigenvalue weighted by Gasteiger charge is 2.14. The summed E-state index contributed by atoms with van der Waals surface area (Å²) < 4.78 is 5.03. The standard InChI is InChI=1S/C13H25NO3/c1-10(2)6-7-11(15)8-9-14-12(16)17-13(3,4)5/h8-11,15H,6-7H2,1-5H3,(H,14,16)/b9-8+. The summed E-state index contributed by atoms with van der Waals surface area (Å²) in [5.74, 6) is 0.567. The quantitative estimate of drug-likeness (QED) is 0.780. The molecule has 1 amide bonds. The lowest BCUT2D eigenvalue weighted by Gasteiger charge is -2.18. The molecule has 4 nitrogen and oxygen atoms in total. The summed E-state index contributed by atoms with van der Waals surface area (Å²) >= 11 is 0. The van der Waals surface area contributed by atoms with Crippen LogP contribution < -0.4 is 5.32 Å². The van der Waals surface area contributed by atoms with Gasteiger partial charge in [0.1, 0.15) is 5.60 Å². The van der Waals surface area contributed by atoms with Gasteiger partial charge in [0, 0.05) is 6.20 Å². The fourth-order valence-electron chi connectivity index (χ4n) is 1.14. The molecule has 0 aliphatic heterocycles. The number of aliphatic hydroxyl groups excluding tert-OH is 1. The highest BCUT2D eigenvalue weighted by molar-refractivity contribution is 5.68. The molecular formula is C13H25NO3. The number of amides is 1. The van der Waals surface area contributed by atoms with Crippen LogP contribution in [0.25, 0.3) is 0 Å². The van der Waals surface area contributed by atoms with Crippen molar-refractivity contribution in [2.45, 2.75) is 59.2 Å². The molecule has 0 spiro atoms. The molecule has 2 N–H and O–H groups in total. The molecular weight excluding hydrogens is 218 g/mol. The largest absolute Gasteiger partial charge is 0.444 e. The Balaban J connectivity index is 3.82. The van der Waals surface area contributed by atoms with Crippen molar-refractivity contribution in [2.75, 3.05) is 0 Å². The molecule has 1 unspecified atom stereocenters. The summed E-state index contributed by atoms with van der Waals surface area (Å²) in [6, 6.07) is 0. The number of carbonyl (C=O) groups excluding carboxylic acids is 1. The van der Waals surface area contributed by atoms with Crippen LogP contribution in [0.3, 0.4) is 0 Å². The van der Waals surface area contributed by atoms with Gasteiger partial charge in [-0.25, -0.2) is 4.79 Å². The van der Waals surface area contributed by atoms with Crippen LogP contribution in [0.2, 0.25) is 0 Å². The summed E-state index contributed by atoms with van der Waals surface area (Å²) in [4.78, 5) is 11.2. The number of ether oxygens (including phenoxy) is 1. The van der Waals surface area contributed by atoms with E-state index in [-0.39, 0.29) is 0 Å². The molecule has 1 atom stereocenters. The fourth-order valence-corrected chi connectivity index (χ4v) is 1.14. The first-order chi connectivity index (χ1) is 7.70. The van der Waals surface area contributed by atoms with E-state index >= 15 is 0 Å². The molecule has 0 saturated heterocycles. The molecule has 100 valence electrons. The fraction of sp³-hybridized carbons (Fsp3) is 0.769. The van der Waals surface area contributed by atoms with Gasteiger partial charge in [0.05, 0.1) is 6.10 Å². The Morgan fingerprint density at radius 1 is 1.35 bits per heavy atom. The van der Waals surface area contributed by atoms with E-state index in [1.54, 1.807) is 26.8 Å². The van der Waals surface area contributed by atoms with Crippen LogP contribution in [0.4, 0.5) is 4.79 Å². The number of carbonyl (C=O) groups is 1. The third-order valence-electron chi connectivity index (χ3n) is 1.96. The Morgan fingerprint density at radius 2 is 1.94 bits per heavy atom. The number of aliphatic hydroxyl groups is 1. The molecule has 0 rings (SSSR count). The average Bonchev–Trinajstić information content (AvgIpc) is 2.11. The van der Waals surface area contributed by atoms with Gasteiger partial charge in [0.25, 0.3) is 0 Å². The van der Waals surface area contributed by atoms with Gasteiger partial charge in [-0.3, -0.25) is 5.32 Å². The zero-order chi connectivity index (χ0) is 13.5. The van der Waals surface area contributed by atoms with E-state index in [0.717, 1.165) is 6.42 Å². The minimum Gasteiger partial charge on any atom is -0.444 e. The predicted octanol–water partition coefficient (Wildman–Crippen LogP) is 2.82.